The predicted octanol–water partition coefficient (Wildman–Crippen LogP) is 2.70. The first-order valence-electron chi connectivity index (χ1n) is 6.32. The second-order valence-electron chi connectivity index (χ2n) is 4.39. The van der Waals surface area contributed by atoms with E-state index in [1.807, 2.05) is 12.1 Å². The van der Waals surface area contributed by atoms with Crippen molar-refractivity contribution in [3.63, 3.8) is 0 Å². The van der Waals surface area contributed by atoms with Crippen molar-refractivity contribution in [3.8, 4) is 0 Å². The summed E-state index contributed by atoms with van der Waals surface area (Å²) in [6, 6.07) is 8.02. The van der Waals surface area contributed by atoms with Gasteiger partial charge in [0.05, 0.1) is 7.11 Å². The van der Waals surface area contributed by atoms with Gasteiger partial charge in [-0.2, -0.15) is 0 Å². The highest BCUT2D eigenvalue weighted by Gasteiger charge is 2.10. The average Bonchev–Trinajstić information content (AvgIpc) is 2.37. The third-order valence-corrected chi connectivity index (χ3v) is 2.81. The summed E-state index contributed by atoms with van der Waals surface area (Å²) in [7, 11) is 1.29. The second kappa shape index (κ2) is 7.64. The van der Waals surface area contributed by atoms with E-state index in [1.165, 1.54) is 25.5 Å². The van der Waals surface area contributed by atoms with Crippen LogP contribution in [0.2, 0.25) is 0 Å². The molecule has 0 fully saturated rings. The number of methoxy groups -OCH3 is 1. The number of aryl methyl sites for hydroxylation is 1. The monoisotopic (exact) mass is 248 g/mol. The fourth-order valence-electron chi connectivity index (χ4n) is 1.73. The van der Waals surface area contributed by atoms with E-state index in [2.05, 4.69) is 23.8 Å². The SMILES string of the molecule is CCCCc1ccc(CC(=O)CC(=O)OC)cc1. The number of carbonyl (C=O) groups is 2. The van der Waals surface area contributed by atoms with E-state index in [0.717, 1.165) is 12.0 Å². The van der Waals surface area contributed by atoms with Gasteiger partial charge in [0, 0.05) is 6.42 Å². The van der Waals surface area contributed by atoms with E-state index < -0.39 is 5.97 Å². The summed E-state index contributed by atoms with van der Waals surface area (Å²) in [5, 5.41) is 0. The molecule has 0 unspecified atom stereocenters. The molecule has 0 aliphatic heterocycles. The smallest absolute Gasteiger partial charge is 0.313 e. The number of ketones is 1. The third-order valence-electron chi connectivity index (χ3n) is 2.81. The Labute approximate surface area is 108 Å². The lowest BCUT2D eigenvalue weighted by Gasteiger charge is -2.03. The van der Waals surface area contributed by atoms with E-state index in [-0.39, 0.29) is 12.2 Å². The molecule has 0 radical (unpaired) electrons. The van der Waals surface area contributed by atoms with Gasteiger partial charge < -0.3 is 4.74 Å². The molecule has 0 aliphatic rings. The van der Waals surface area contributed by atoms with Crippen molar-refractivity contribution in [1.29, 1.82) is 0 Å². The fourth-order valence-corrected chi connectivity index (χ4v) is 1.73. The number of carbonyl (C=O) groups excluding carboxylic acids is 2. The number of Topliss-reactive ketones (excluding diaryl/α,β-unsaturated/α-hetero) is 1. The van der Waals surface area contributed by atoms with Crippen LogP contribution in [-0.2, 0) is 27.2 Å². The molecule has 0 heterocycles. The van der Waals surface area contributed by atoms with Crippen molar-refractivity contribution in [1.82, 2.24) is 0 Å². The maximum absolute atomic E-state index is 11.5. The average molecular weight is 248 g/mol. The first kappa shape index (κ1) is 14.4. The van der Waals surface area contributed by atoms with Crippen molar-refractivity contribution in [2.75, 3.05) is 7.11 Å². The summed E-state index contributed by atoms with van der Waals surface area (Å²) >= 11 is 0. The Bertz CT molecular complexity index is 393. The molecule has 0 aliphatic carbocycles. The summed E-state index contributed by atoms with van der Waals surface area (Å²) in [6.07, 6.45) is 3.59. The van der Waals surface area contributed by atoms with E-state index in [1.54, 1.807) is 0 Å². The predicted molar refractivity (Wildman–Crippen MR) is 70.4 cm³/mol. The Morgan fingerprint density at radius 3 is 2.28 bits per heavy atom. The van der Waals surface area contributed by atoms with Crippen LogP contribution in [0, 0.1) is 0 Å². The molecule has 3 nitrogen and oxygen atoms in total. The van der Waals surface area contributed by atoms with E-state index in [9.17, 15) is 9.59 Å². The Morgan fingerprint density at radius 1 is 1.11 bits per heavy atom. The highest BCUT2D eigenvalue weighted by atomic mass is 16.5. The summed E-state index contributed by atoms with van der Waals surface area (Å²) in [4.78, 5) is 22.5. The van der Waals surface area contributed by atoms with Gasteiger partial charge in [-0.05, 0) is 24.0 Å². The molecule has 0 spiro atoms. The molecule has 98 valence electrons. The number of ether oxygens (including phenoxy) is 1. The molecule has 1 aromatic rings. The fraction of sp³-hybridized carbons (Fsp3) is 0.467. The number of hydrogen-bond acceptors (Lipinski definition) is 3. The highest BCUT2D eigenvalue weighted by Crippen LogP contribution is 2.09. The van der Waals surface area contributed by atoms with Gasteiger partial charge in [0.15, 0.2) is 0 Å². The Kier molecular flexibility index (Phi) is 6.12. The molecule has 18 heavy (non-hydrogen) atoms. The van der Waals surface area contributed by atoms with Gasteiger partial charge >= 0.3 is 5.97 Å². The Balaban J connectivity index is 2.47. The maximum atomic E-state index is 11.5. The first-order chi connectivity index (χ1) is 8.65. The van der Waals surface area contributed by atoms with Crippen LogP contribution in [0.25, 0.3) is 0 Å². The van der Waals surface area contributed by atoms with E-state index in [4.69, 9.17) is 0 Å². The quantitative estimate of drug-likeness (QED) is 0.550. The minimum atomic E-state index is -0.473. The van der Waals surface area contributed by atoms with Crippen LogP contribution in [0.3, 0.4) is 0 Å². The van der Waals surface area contributed by atoms with Gasteiger partial charge in [0.25, 0.3) is 0 Å². The van der Waals surface area contributed by atoms with Crippen LogP contribution in [0.1, 0.15) is 37.3 Å². The summed E-state index contributed by atoms with van der Waals surface area (Å²) in [5.74, 6) is -0.581. The molecule has 0 bridgehead atoms. The highest BCUT2D eigenvalue weighted by molar-refractivity contribution is 5.96. The van der Waals surface area contributed by atoms with Gasteiger partial charge in [-0.1, -0.05) is 37.6 Å². The summed E-state index contributed by atoms with van der Waals surface area (Å²) in [6.45, 7) is 2.17. The van der Waals surface area contributed by atoms with Gasteiger partial charge in [-0.25, -0.2) is 0 Å². The largest absolute Gasteiger partial charge is 0.469 e. The van der Waals surface area contributed by atoms with Crippen LogP contribution in [0.4, 0.5) is 0 Å². The lowest BCUT2D eigenvalue weighted by molar-refractivity contribution is -0.143. The maximum Gasteiger partial charge on any atom is 0.313 e. The van der Waals surface area contributed by atoms with Crippen LogP contribution in [-0.4, -0.2) is 18.9 Å². The van der Waals surface area contributed by atoms with Crippen LogP contribution < -0.4 is 0 Å². The molecule has 0 N–H and O–H groups in total. The normalized spacial score (nSPS) is 10.1. The third kappa shape index (κ3) is 5.13. The first-order valence-corrected chi connectivity index (χ1v) is 6.32. The molecule has 0 saturated heterocycles. The second-order valence-corrected chi connectivity index (χ2v) is 4.39. The topological polar surface area (TPSA) is 43.4 Å². The Hall–Kier alpha value is -1.64. The van der Waals surface area contributed by atoms with Crippen molar-refractivity contribution in [3.05, 3.63) is 35.4 Å². The minimum Gasteiger partial charge on any atom is -0.469 e. The summed E-state index contributed by atoms with van der Waals surface area (Å²) < 4.78 is 4.46. The zero-order valence-electron chi connectivity index (χ0n) is 11.1. The molecule has 1 aromatic carbocycles. The molecular weight excluding hydrogens is 228 g/mol. The van der Waals surface area contributed by atoms with Gasteiger partial charge in [-0.15, -0.1) is 0 Å². The van der Waals surface area contributed by atoms with Crippen LogP contribution in [0.5, 0.6) is 0 Å². The molecule has 0 atom stereocenters. The van der Waals surface area contributed by atoms with Crippen molar-refractivity contribution >= 4 is 11.8 Å². The zero-order chi connectivity index (χ0) is 13.4. The van der Waals surface area contributed by atoms with Gasteiger partial charge in [0.2, 0.25) is 0 Å². The lowest BCUT2D eigenvalue weighted by Crippen LogP contribution is -2.11. The van der Waals surface area contributed by atoms with Gasteiger partial charge in [-0.3, -0.25) is 9.59 Å². The van der Waals surface area contributed by atoms with Crippen molar-refractivity contribution in [2.24, 2.45) is 0 Å². The molecular formula is C15H20O3. The number of benzene rings is 1. The zero-order valence-corrected chi connectivity index (χ0v) is 11.1. The minimum absolute atomic E-state index is 0.108. The molecule has 0 aromatic heterocycles. The number of rotatable bonds is 7. The molecule has 0 saturated carbocycles. The number of hydrogen-bond donors (Lipinski definition) is 0. The van der Waals surface area contributed by atoms with Gasteiger partial charge in [0.1, 0.15) is 12.2 Å². The standard InChI is InChI=1S/C15H20O3/c1-3-4-5-12-6-8-13(9-7-12)10-14(16)11-15(17)18-2/h6-9H,3-5,10-11H2,1-2H3. The number of esters is 1. The molecule has 3 heteroatoms. The van der Waals surface area contributed by atoms with Crippen LogP contribution >= 0.6 is 0 Å². The van der Waals surface area contributed by atoms with Crippen LogP contribution in [0.15, 0.2) is 24.3 Å². The van der Waals surface area contributed by atoms with E-state index >= 15 is 0 Å². The van der Waals surface area contributed by atoms with E-state index in [0.29, 0.717) is 6.42 Å². The van der Waals surface area contributed by atoms with Crippen molar-refractivity contribution in [2.45, 2.75) is 39.0 Å². The lowest BCUT2D eigenvalue weighted by atomic mass is 10.0. The summed E-state index contributed by atoms with van der Waals surface area (Å²) in [5.41, 5.74) is 2.24. The molecule has 1 rings (SSSR count). The number of unbranched alkanes of at least 4 members (excludes halogenated alkanes) is 1. The molecule has 0 amide bonds. The van der Waals surface area contributed by atoms with Crippen molar-refractivity contribution < 1.29 is 14.3 Å². The Morgan fingerprint density at radius 2 is 1.72 bits per heavy atom.